The quantitative estimate of drug-likeness (QED) is 0.0279. The molecule has 0 aromatic rings. The molecular weight excluding hydrogens is 837 g/mol. The second kappa shape index (κ2) is 30.7. The number of aliphatic hydroxyl groups is 1. The molecule has 0 aliphatic heterocycles. The predicted molar refractivity (Wildman–Crippen MR) is 256 cm³/mol. The van der Waals surface area contributed by atoms with Crippen molar-refractivity contribution >= 4 is 35.4 Å². The number of ether oxygens (including phenoxy) is 4. The first-order valence-corrected chi connectivity index (χ1v) is 26.5. The molecule has 0 heterocycles. The molecule has 7 atom stereocenters. The molecule has 0 amide bonds. The molecule has 66 heavy (non-hydrogen) atoms. The number of carbonyl (C=O) groups is 6. The smallest absolute Gasteiger partial charge is 0.306 e. The van der Waals surface area contributed by atoms with E-state index in [0.717, 1.165) is 75.4 Å². The van der Waals surface area contributed by atoms with Gasteiger partial charge in [-0.2, -0.15) is 0 Å². The third-order valence-corrected chi connectivity index (χ3v) is 14.8. The highest BCUT2D eigenvalue weighted by molar-refractivity contribution is 6.01. The maximum atomic E-state index is 13.4. The van der Waals surface area contributed by atoms with Crippen molar-refractivity contribution in [2.75, 3.05) is 19.8 Å². The van der Waals surface area contributed by atoms with E-state index in [0.29, 0.717) is 12.8 Å². The number of allylic oxidation sites excluding steroid dienone is 5. The Morgan fingerprint density at radius 1 is 0.636 bits per heavy atom. The van der Waals surface area contributed by atoms with Crippen LogP contribution in [0.4, 0.5) is 0 Å². The zero-order valence-electron chi connectivity index (χ0n) is 41.1. The Hall–Kier alpha value is -3.60. The summed E-state index contributed by atoms with van der Waals surface area (Å²) in [4.78, 5) is 76.4. The summed E-state index contributed by atoms with van der Waals surface area (Å²) in [5, 5.41) is 11.4. The van der Waals surface area contributed by atoms with E-state index in [1.54, 1.807) is 12.2 Å². The van der Waals surface area contributed by atoms with Crippen LogP contribution >= 0.6 is 0 Å². The summed E-state index contributed by atoms with van der Waals surface area (Å²) >= 11 is 0. The molecule has 0 aromatic heterocycles. The summed E-state index contributed by atoms with van der Waals surface area (Å²) in [7, 11) is 0. The van der Waals surface area contributed by atoms with Crippen molar-refractivity contribution < 1.29 is 52.8 Å². The van der Waals surface area contributed by atoms with E-state index in [9.17, 15) is 33.9 Å². The Kier molecular flexibility index (Phi) is 25.6. The standard InChI is InChI=1S/C55H86O11/c1-4-6-8-10-12-14-16-18-20-22-24-26-50(59)63-38-43(66-53(62)27-25-23-21-19-17-15-13-11-9-7-5-2)39-64-51(60)32-33-52(61)65-40-49(58)45-31-30-44-46-29-28-41-36-42(56)34-35-55(41,3)54(46)48(57)37-47(44)45/h34-37,43-46,48,54,57H,4-33,38-40H2,1-3H3/t43?,44?,45-,46-,48?,54?,55?/m0/s1. The van der Waals surface area contributed by atoms with Crippen LogP contribution in [0, 0.1) is 29.1 Å². The minimum Gasteiger partial charge on any atom is -0.462 e. The molecule has 1 N–H and O–H groups in total. The largest absolute Gasteiger partial charge is 0.462 e. The fourth-order valence-corrected chi connectivity index (χ4v) is 11.0. The van der Waals surface area contributed by atoms with Gasteiger partial charge in [0.1, 0.15) is 13.2 Å². The van der Waals surface area contributed by atoms with Gasteiger partial charge < -0.3 is 24.1 Å². The molecule has 11 nitrogen and oxygen atoms in total. The molecule has 372 valence electrons. The van der Waals surface area contributed by atoms with Crippen LogP contribution in [0.3, 0.4) is 0 Å². The summed E-state index contributed by atoms with van der Waals surface area (Å²) in [6, 6.07) is 0. The summed E-state index contributed by atoms with van der Waals surface area (Å²) in [5.74, 6) is -2.69. The van der Waals surface area contributed by atoms with Crippen molar-refractivity contribution in [3.63, 3.8) is 0 Å². The zero-order chi connectivity index (χ0) is 47.6. The average molecular weight is 923 g/mol. The molecule has 4 rings (SSSR count). The minimum absolute atomic E-state index is 0.0174. The van der Waals surface area contributed by atoms with E-state index < -0.39 is 48.1 Å². The van der Waals surface area contributed by atoms with Crippen LogP contribution in [0.25, 0.3) is 0 Å². The Morgan fingerprint density at radius 2 is 1.12 bits per heavy atom. The molecule has 0 spiro atoms. The minimum atomic E-state index is -0.976. The number of hydrogen-bond acceptors (Lipinski definition) is 11. The van der Waals surface area contributed by atoms with Gasteiger partial charge in [0, 0.05) is 30.1 Å². The SMILES string of the molecule is CCCCCCCCCCCCCC(=O)OCC(COC(=O)CCC(=O)OCC(=O)[C@H]1CCC2C1=CC(O)C1[C@H]2CCC2=CC(=O)C=CC21C)OC(=O)CCCCCCCCCCCCC. The Bertz CT molecular complexity index is 1630. The fourth-order valence-electron chi connectivity index (χ4n) is 11.0. The first-order chi connectivity index (χ1) is 32.0. The summed E-state index contributed by atoms with van der Waals surface area (Å²) in [6.07, 6.45) is 33.9. The lowest BCUT2D eigenvalue weighted by atomic mass is 9.52. The van der Waals surface area contributed by atoms with Crippen LogP contribution in [0.1, 0.15) is 213 Å². The van der Waals surface area contributed by atoms with Gasteiger partial charge in [0.2, 0.25) is 0 Å². The first-order valence-electron chi connectivity index (χ1n) is 26.5. The molecule has 0 aromatic carbocycles. The Labute approximate surface area is 397 Å². The molecular formula is C55H86O11. The molecule has 2 fully saturated rings. The van der Waals surface area contributed by atoms with Gasteiger partial charge in [-0.05, 0) is 62.5 Å². The highest BCUT2D eigenvalue weighted by Crippen LogP contribution is 2.60. The predicted octanol–water partition coefficient (Wildman–Crippen LogP) is 11.7. The molecule has 0 radical (unpaired) electrons. The lowest BCUT2D eigenvalue weighted by Gasteiger charge is -2.53. The monoisotopic (exact) mass is 923 g/mol. The van der Waals surface area contributed by atoms with Gasteiger partial charge in [-0.15, -0.1) is 0 Å². The fraction of sp³-hybridized carbons (Fsp3) is 0.782. The summed E-state index contributed by atoms with van der Waals surface area (Å²) in [5.41, 5.74) is 1.58. The number of ketones is 2. The van der Waals surface area contributed by atoms with Crippen LogP contribution in [-0.2, 0) is 47.7 Å². The van der Waals surface area contributed by atoms with Crippen molar-refractivity contribution in [1.82, 2.24) is 0 Å². The van der Waals surface area contributed by atoms with Crippen LogP contribution < -0.4 is 0 Å². The van der Waals surface area contributed by atoms with Crippen molar-refractivity contribution in [1.29, 1.82) is 0 Å². The maximum absolute atomic E-state index is 13.4. The molecule has 11 heteroatoms. The number of carbonyl (C=O) groups excluding carboxylic acids is 6. The molecule has 5 unspecified atom stereocenters. The number of aliphatic hydroxyl groups excluding tert-OH is 1. The number of fused-ring (bicyclic) bond motifs is 5. The highest BCUT2D eigenvalue weighted by Gasteiger charge is 2.55. The topological polar surface area (TPSA) is 160 Å². The van der Waals surface area contributed by atoms with Crippen LogP contribution in [0.2, 0.25) is 0 Å². The van der Waals surface area contributed by atoms with E-state index in [-0.39, 0.29) is 74.2 Å². The Morgan fingerprint density at radius 3 is 1.67 bits per heavy atom. The van der Waals surface area contributed by atoms with Crippen molar-refractivity contribution in [2.24, 2.45) is 29.1 Å². The van der Waals surface area contributed by atoms with Gasteiger partial charge in [-0.1, -0.05) is 172 Å². The summed E-state index contributed by atoms with van der Waals surface area (Å²) < 4.78 is 21.9. The number of Topliss-reactive ketones (excluding diaryl/α,β-unsaturated/α-hetero) is 1. The van der Waals surface area contributed by atoms with Crippen LogP contribution in [0.5, 0.6) is 0 Å². The first kappa shape index (κ1) is 55.0. The Balaban J connectivity index is 1.15. The third-order valence-electron chi connectivity index (χ3n) is 14.8. The van der Waals surface area contributed by atoms with E-state index in [1.165, 1.54) is 89.9 Å². The molecule has 4 aliphatic rings. The van der Waals surface area contributed by atoms with Gasteiger partial charge >= 0.3 is 23.9 Å². The number of unbranched alkanes of at least 4 members (excludes halogenated alkanes) is 20. The second-order valence-corrected chi connectivity index (χ2v) is 20.0. The zero-order valence-corrected chi connectivity index (χ0v) is 41.1. The van der Waals surface area contributed by atoms with Crippen molar-refractivity contribution in [3.8, 4) is 0 Å². The average Bonchev–Trinajstić information content (AvgIpc) is 3.73. The van der Waals surface area contributed by atoms with Crippen LogP contribution in [0.15, 0.2) is 35.5 Å². The van der Waals surface area contributed by atoms with Gasteiger partial charge in [-0.25, -0.2) is 0 Å². The number of rotatable bonds is 35. The molecule has 0 bridgehead atoms. The van der Waals surface area contributed by atoms with Crippen molar-refractivity contribution in [2.45, 2.75) is 226 Å². The molecule has 4 aliphatic carbocycles. The van der Waals surface area contributed by atoms with E-state index >= 15 is 0 Å². The van der Waals surface area contributed by atoms with Gasteiger partial charge in [0.15, 0.2) is 24.3 Å². The molecule has 0 saturated heterocycles. The molecule has 2 saturated carbocycles. The third kappa shape index (κ3) is 18.8. The number of hydrogen-bond donors (Lipinski definition) is 1. The highest BCUT2D eigenvalue weighted by atomic mass is 16.6. The summed E-state index contributed by atoms with van der Waals surface area (Å²) in [6.45, 7) is 5.57. The number of esters is 4. The van der Waals surface area contributed by atoms with E-state index in [4.69, 9.17) is 18.9 Å². The lowest BCUT2D eigenvalue weighted by Crippen LogP contribution is -2.49. The lowest BCUT2D eigenvalue weighted by molar-refractivity contribution is -0.167. The van der Waals surface area contributed by atoms with E-state index in [2.05, 4.69) is 20.8 Å². The normalized spacial score (nSPS) is 23.5. The van der Waals surface area contributed by atoms with Gasteiger partial charge in [0.25, 0.3) is 0 Å². The van der Waals surface area contributed by atoms with E-state index in [1.807, 2.05) is 12.2 Å². The van der Waals surface area contributed by atoms with Crippen LogP contribution in [-0.4, -0.2) is 72.6 Å². The van der Waals surface area contributed by atoms with Gasteiger partial charge in [0.05, 0.1) is 18.9 Å². The van der Waals surface area contributed by atoms with Crippen molar-refractivity contribution in [3.05, 3.63) is 35.5 Å². The second-order valence-electron chi connectivity index (χ2n) is 20.0. The van der Waals surface area contributed by atoms with Gasteiger partial charge in [-0.3, -0.25) is 28.8 Å². The maximum Gasteiger partial charge on any atom is 0.306 e.